The Kier molecular flexibility index (Phi) is 3.48. The fourth-order valence-corrected chi connectivity index (χ4v) is 1.75. The van der Waals surface area contributed by atoms with Crippen LogP contribution in [0.25, 0.3) is 5.69 Å². The number of hydrogen-bond acceptors (Lipinski definition) is 3. The number of nitrogens with zero attached hydrogens (tertiary/aromatic N) is 3. The van der Waals surface area contributed by atoms with Gasteiger partial charge in [0.15, 0.2) is 0 Å². The van der Waals surface area contributed by atoms with Gasteiger partial charge in [0, 0.05) is 23.6 Å². The second-order valence-electron chi connectivity index (χ2n) is 3.82. The second kappa shape index (κ2) is 5.23. The van der Waals surface area contributed by atoms with E-state index >= 15 is 0 Å². The minimum atomic E-state index is 0.279. The Morgan fingerprint density at radius 1 is 1.17 bits per heavy atom. The smallest absolute Gasteiger partial charge is 0.0894 e. The molecule has 0 fully saturated rings. The lowest BCUT2D eigenvalue weighted by Crippen LogP contribution is -2.02. The summed E-state index contributed by atoms with van der Waals surface area (Å²) in [7, 11) is 0. The van der Waals surface area contributed by atoms with Crippen molar-refractivity contribution in [1.29, 1.82) is 5.41 Å². The number of para-hydroxylation sites is 1. The van der Waals surface area contributed by atoms with Gasteiger partial charge in [0.2, 0.25) is 0 Å². The topological polar surface area (TPSA) is 53.5 Å². The second-order valence-corrected chi connectivity index (χ2v) is 3.82. The molecular formula is C14H14N4. The van der Waals surface area contributed by atoms with Crippen molar-refractivity contribution < 1.29 is 0 Å². The zero-order chi connectivity index (χ0) is 13.0. The average molecular weight is 238 g/mol. The van der Waals surface area contributed by atoms with Gasteiger partial charge in [-0.3, -0.25) is 9.98 Å². The highest BCUT2D eigenvalue weighted by Gasteiger charge is 2.10. The molecule has 4 heteroatoms. The number of benzene rings is 1. The molecule has 1 heterocycles. The summed E-state index contributed by atoms with van der Waals surface area (Å²) in [6.45, 7) is 7.22. The Morgan fingerprint density at radius 3 is 2.50 bits per heavy atom. The molecule has 2 rings (SSSR count). The van der Waals surface area contributed by atoms with Crippen molar-refractivity contribution in [3.05, 3.63) is 48.3 Å². The molecule has 1 aromatic heterocycles. The molecule has 4 nitrogen and oxygen atoms in total. The molecule has 0 bridgehead atoms. The molecule has 0 saturated carbocycles. The molecule has 0 atom stereocenters. The van der Waals surface area contributed by atoms with E-state index < -0.39 is 0 Å². The maximum Gasteiger partial charge on any atom is 0.0894 e. The van der Waals surface area contributed by atoms with E-state index in [0.29, 0.717) is 11.4 Å². The van der Waals surface area contributed by atoms with Gasteiger partial charge >= 0.3 is 0 Å². The van der Waals surface area contributed by atoms with Crippen LogP contribution in [0.2, 0.25) is 0 Å². The summed E-state index contributed by atoms with van der Waals surface area (Å²) in [4.78, 5) is 7.67. The SMILES string of the molecule is C=NCC(=N)c1cn(-c2ccccc2)cc1N=C. The minimum absolute atomic E-state index is 0.279. The van der Waals surface area contributed by atoms with Crippen LogP contribution < -0.4 is 0 Å². The van der Waals surface area contributed by atoms with Gasteiger partial charge in [-0.1, -0.05) is 18.2 Å². The molecule has 1 aromatic carbocycles. The highest BCUT2D eigenvalue weighted by Crippen LogP contribution is 2.23. The maximum atomic E-state index is 7.91. The van der Waals surface area contributed by atoms with Crippen LogP contribution in [0.15, 0.2) is 52.7 Å². The van der Waals surface area contributed by atoms with Crippen molar-refractivity contribution in [2.24, 2.45) is 9.98 Å². The number of aliphatic imine (C=N–C) groups is 2. The Morgan fingerprint density at radius 2 is 1.89 bits per heavy atom. The zero-order valence-corrected chi connectivity index (χ0v) is 10.0. The van der Waals surface area contributed by atoms with E-state index in [1.807, 2.05) is 47.3 Å². The molecule has 1 N–H and O–H groups in total. The summed E-state index contributed by atoms with van der Waals surface area (Å²) in [6, 6.07) is 9.88. The van der Waals surface area contributed by atoms with E-state index in [4.69, 9.17) is 5.41 Å². The molecule has 90 valence electrons. The third-order valence-electron chi connectivity index (χ3n) is 2.63. The molecular weight excluding hydrogens is 224 g/mol. The van der Waals surface area contributed by atoms with Crippen LogP contribution in [0.1, 0.15) is 5.56 Å². The molecule has 0 aliphatic carbocycles. The number of hydrogen-bond donors (Lipinski definition) is 1. The molecule has 0 unspecified atom stereocenters. The van der Waals surface area contributed by atoms with Gasteiger partial charge in [-0.15, -0.1) is 0 Å². The quantitative estimate of drug-likeness (QED) is 0.779. The van der Waals surface area contributed by atoms with Crippen LogP contribution in [0.4, 0.5) is 5.69 Å². The molecule has 0 spiro atoms. The third-order valence-corrected chi connectivity index (χ3v) is 2.63. The number of rotatable bonds is 5. The van der Waals surface area contributed by atoms with Gasteiger partial charge in [0.25, 0.3) is 0 Å². The Balaban J connectivity index is 2.44. The standard InChI is InChI=1S/C14H14N4/c1-16-8-13(15)12-9-18(10-14(12)17-2)11-6-4-3-5-7-11/h3-7,9-10,15H,1-2,8H2. The zero-order valence-electron chi connectivity index (χ0n) is 10.0. The molecule has 18 heavy (non-hydrogen) atoms. The van der Waals surface area contributed by atoms with E-state index in [1.165, 1.54) is 0 Å². The van der Waals surface area contributed by atoms with E-state index in [9.17, 15) is 0 Å². The van der Waals surface area contributed by atoms with Crippen LogP contribution in [-0.2, 0) is 0 Å². The van der Waals surface area contributed by atoms with Gasteiger partial charge in [-0.2, -0.15) is 0 Å². The Hall–Kier alpha value is -2.49. The third kappa shape index (κ3) is 2.27. The summed E-state index contributed by atoms with van der Waals surface area (Å²) in [5, 5.41) is 7.91. The summed E-state index contributed by atoms with van der Waals surface area (Å²) in [5.74, 6) is 0. The van der Waals surface area contributed by atoms with Crippen LogP contribution in [0.3, 0.4) is 0 Å². The monoisotopic (exact) mass is 238 g/mol. The van der Waals surface area contributed by atoms with Gasteiger partial charge < -0.3 is 9.98 Å². The molecule has 0 saturated heterocycles. The normalized spacial score (nSPS) is 10.0. The Labute approximate surface area is 106 Å². The summed E-state index contributed by atoms with van der Waals surface area (Å²) < 4.78 is 1.93. The fraction of sp³-hybridized carbons (Fsp3) is 0.0714. The summed E-state index contributed by atoms with van der Waals surface area (Å²) in [6.07, 6.45) is 3.72. The van der Waals surface area contributed by atoms with Crippen molar-refractivity contribution in [3.8, 4) is 5.69 Å². The van der Waals surface area contributed by atoms with Crippen molar-refractivity contribution in [1.82, 2.24) is 4.57 Å². The number of nitrogens with one attached hydrogen (secondary N) is 1. The summed E-state index contributed by atoms with van der Waals surface area (Å²) in [5.41, 5.74) is 2.84. The highest BCUT2D eigenvalue weighted by molar-refractivity contribution is 6.04. The highest BCUT2D eigenvalue weighted by atomic mass is 15.0. The van der Waals surface area contributed by atoms with E-state index in [1.54, 1.807) is 0 Å². The lowest BCUT2D eigenvalue weighted by Gasteiger charge is -2.01. The van der Waals surface area contributed by atoms with Crippen molar-refractivity contribution in [2.45, 2.75) is 0 Å². The predicted octanol–water partition coefficient (Wildman–Crippen LogP) is 2.88. The lowest BCUT2D eigenvalue weighted by molar-refractivity contribution is 1.08. The summed E-state index contributed by atoms with van der Waals surface area (Å²) >= 11 is 0. The van der Waals surface area contributed by atoms with Gasteiger partial charge in [-0.25, -0.2) is 0 Å². The van der Waals surface area contributed by atoms with Crippen molar-refractivity contribution in [3.63, 3.8) is 0 Å². The first-order valence-corrected chi connectivity index (χ1v) is 5.50. The first kappa shape index (κ1) is 12.0. The molecule has 2 aromatic rings. The van der Waals surface area contributed by atoms with Crippen LogP contribution >= 0.6 is 0 Å². The predicted molar refractivity (Wildman–Crippen MR) is 76.2 cm³/mol. The van der Waals surface area contributed by atoms with Gasteiger partial charge in [0.05, 0.1) is 17.9 Å². The van der Waals surface area contributed by atoms with E-state index in [-0.39, 0.29) is 6.54 Å². The largest absolute Gasteiger partial charge is 0.321 e. The molecule has 0 aliphatic rings. The van der Waals surface area contributed by atoms with Gasteiger partial charge in [-0.05, 0) is 25.6 Å². The molecule has 0 aliphatic heterocycles. The van der Waals surface area contributed by atoms with Crippen LogP contribution in [0.5, 0.6) is 0 Å². The lowest BCUT2D eigenvalue weighted by atomic mass is 10.2. The van der Waals surface area contributed by atoms with Crippen molar-refractivity contribution in [2.75, 3.05) is 6.54 Å². The van der Waals surface area contributed by atoms with E-state index in [0.717, 1.165) is 11.3 Å². The fourth-order valence-electron chi connectivity index (χ4n) is 1.75. The maximum absolute atomic E-state index is 7.91. The molecule has 0 amide bonds. The minimum Gasteiger partial charge on any atom is -0.321 e. The first-order chi connectivity index (χ1) is 8.76. The van der Waals surface area contributed by atoms with Crippen molar-refractivity contribution >= 4 is 24.8 Å². The first-order valence-electron chi connectivity index (χ1n) is 5.50. The Bertz CT molecular complexity index is 581. The van der Waals surface area contributed by atoms with Crippen LogP contribution in [-0.4, -0.2) is 30.3 Å². The van der Waals surface area contributed by atoms with Crippen LogP contribution in [0, 0.1) is 5.41 Å². The average Bonchev–Trinajstić information content (AvgIpc) is 2.84. The number of aromatic nitrogens is 1. The van der Waals surface area contributed by atoms with Gasteiger partial charge in [0.1, 0.15) is 0 Å². The van der Waals surface area contributed by atoms with E-state index in [2.05, 4.69) is 23.4 Å². The molecule has 0 radical (unpaired) electrons.